The van der Waals surface area contributed by atoms with Crippen molar-refractivity contribution in [2.45, 2.75) is 4.90 Å². The number of fused-ring (bicyclic) bond motifs is 2. The van der Waals surface area contributed by atoms with E-state index in [0.717, 1.165) is 10.2 Å². The number of nitrogens with zero attached hydrogens (tertiary/aromatic N) is 2. The lowest BCUT2D eigenvalue weighted by Gasteiger charge is -2.18. The molecular formula is C23H18ClN3O5S2. The summed E-state index contributed by atoms with van der Waals surface area (Å²) in [4.78, 5) is 17.7. The molecule has 0 spiro atoms. The number of rotatable bonds is 4. The zero-order chi connectivity index (χ0) is 23.9. The third-order valence-electron chi connectivity index (χ3n) is 5.16. The van der Waals surface area contributed by atoms with Crippen LogP contribution in [0.25, 0.3) is 10.2 Å². The molecule has 1 N–H and O–H groups in total. The molecule has 0 aliphatic carbocycles. The van der Waals surface area contributed by atoms with E-state index in [1.807, 2.05) is 23.7 Å². The van der Waals surface area contributed by atoms with Gasteiger partial charge in [0.2, 0.25) is 0 Å². The second-order valence-electron chi connectivity index (χ2n) is 7.46. The Bertz CT molecular complexity index is 1590. The number of thiazole rings is 1. The lowest BCUT2D eigenvalue weighted by Crippen LogP contribution is -2.16. The van der Waals surface area contributed by atoms with Crippen LogP contribution in [0.3, 0.4) is 0 Å². The van der Waals surface area contributed by atoms with Crippen molar-refractivity contribution in [3.63, 3.8) is 0 Å². The van der Waals surface area contributed by atoms with Gasteiger partial charge in [-0.3, -0.25) is 9.52 Å². The molecule has 0 saturated carbocycles. The predicted molar refractivity (Wildman–Crippen MR) is 130 cm³/mol. The molecule has 1 amide bonds. The van der Waals surface area contributed by atoms with Crippen LogP contribution in [0.5, 0.6) is 11.5 Å². The van der Waals surface area contributed by atoms with E-state index >= 15 is 0 Å². The first-order valence-corrected chi connectivity index (χ1v) is 12.8. The van der Waals surface area contributed by atoms with E-state index in [1.54, 1.807) is 18.2 Å². The molecule has 1 aliphatic rings. The first-order valence-electron chi connectivity index (χ1n) is 10.2. The van der Waals surface area contributed by atoms with Crippen LogP contribution in [0.4, 0.5) is 5.69 Å². The van der Waals surface area contributed by atoms with Crippen LogP contribution in [0, 0.1) is 0 Å². The summed E-state index contributed by atoms with van der Waals surface area (Å²) in [6.07, 6.45) is 0. The van der Waals surface area contributed by atoms with Gasteiger partial charge in [-0.25, -0.2) is 8.42 Å². The number of sulfonamides is 1. The number of hydrogen-bond donors (Lipinski definition) is 1. The number of ether oxygens (including phenoxy) is 2. The number of halogens is 1. The van der Waals surface area contributed by atoms with Gasteiger partial charge >= 0.3 is 0 Å². The van der Waals surface area contributed by atoms with Crippen LogP contribution in [0.1, 0.15) is 10.4 Å². The number of amides is 1. The number of benzene rings is 3. The van der Waals surface area contributed by atoms with Gasteiger partial charge in [-0.2, -0.15) is 4.99 Å². The van der Waals surface area contributed by atoms with E-state index in [4.69, 9.17) is 21.1 Å². The maximum absolute atomic E-state index is 12.9. The summed E-state index contributed by atoms with van der Waals surface area (Å²) in [5, 5.41) is 0.433. The highest BCUT2D eigenvalue weighted by Crippen LogP contribution is 2.35. The minimum atomic E-state index is -3.84. The Kier molecular flexibility index (Phi) is 5.80. The van der Waals surface area contributed by atoms with E-state index in [0.29, 0.717) is 34.5 Å². The van der Waals surface area contributed by atoms with Gasteiger partial charge in [0.1, 0.15) is 13.2 Å². The summed E-state index contributed by atoms with van der Waals surface area (Å²) in [5.74, 6) is 0.830. The van der Waals surface area contributed by atoms with Crippen molar-refractivity contribution in [3.05, 3.63) is 76.1 Å². The summed E-state index contributed by atoms with van der Waals surface area (Å²) in [6, 6.07) is 15.7. The molecule has 2 heterocycles. The lowest BCUT2D eigenvalue weighted by atomic mass is 10.2. The van der Waals surface area contributed by atoms with Crippen molar-refractivity contribution in [2.24, 2.45) is 12.0 Å². The lowest BCUT2D eigenvalue weighted by molar-refractivity contribution is 0.0998. The molecule has 11 heteroatoms. The summed E-state index contributed by atoms with van der Waals surface area (Å²) in [7, 11) is -2.02. The molecule has 34 heavy (non-hydrogen) atoms. The molecule has 8 nitrogen and oxygen atoms in total. The topological polar surface area (TPSA) is 99.0 Å². The maximum Gasteiger partial charge on any atom is 0.279 e. The first-order chi connectivity index (χ1) is 16.3. The second kappa shape index (κ2) is 8.79. The Morgan fingerprint density at radius 3 is 2.50 bits per heavy atom. The van der Waals surface area contributed by atoms with E-state index in [-0.39, 0.29) is 16.1 Å². The normalized spacial score (nSPS) is 13.8. The number of nitrogens with one attached hydrogen (secondary N) is 1. The van der Waals surface area contributed by atoms with Crippen molar-refractivity contribution in [2.75, 3.05) is 17.9 Å². The standard InChI is InChI=1S/C23H18ClN3O5S2/c1-27-18-12-19-20(32-10-9-31-19)13-21(18)33-23(27)25-22(28)14-3-2-4-16(11-14)26-34(29,30)17-7-5-15(24)6-8-17/h2-8,11-13,26H,9-10H2,1H3. The number of aryl methyl sites for hydroxylation is 1. The SMILES string of the molecule is Cn1c(=NC(=O)c2cccc(NS(=O)(=O)c3ccc(Cl)cc3)c2)sc2cc3c(cc21)OCCO3. The minimum Gasteiger partial charge on any atom is -0.486 e. The monoisotopic (exact) mass is 515 g/mol. The Balaban J connectivity index is 1.44. The van der Waals surface area contributed by atoms with Gasteiger partial charge in [0.15, 0.2) is 16.3 Å². The third kappa shape index (κ3) is 4.39. The van der Waals surface area contributed by atoms with Gasteiger partial charge in [0, 0.05) is 35.5 Å². The third-order valence-corrected chi connectivity index (χ3v) is 7.90. The van der Waals surface area contributed by atoms with Gasteiger partial charge < -0.3 is 14.0 Å². The van der Waals surface area contributed by atoms with E-state index in [1.165, 1.54) is 41.7 Å². The maximum atomic E-state index is 12.9. The highest BCUT2D eigenvalue weighted by atomic mass is 35.5. The molecule has 0 atom stereocenters. The van der Waals surface area contributed by atoms with Gasteiger partial charge in [-0.05, 0) is 42.5 Å². The van der Waals surface area contributed by atoms with Crippen LogP contribution in [-0.4, -0.2) is 32.1 Å². The highest BCUT2D eigenvalue weighted by Gasteiger charge is 2.17. The number of hydrogen-bond acceptors (Lipinski definition) is 6. The smallest absolute Gasteiger partial charge is 0.279 e. The van der Waals surface area contributed by atoms with Gasteiger partial charge in [0.05, 0.1) is 15.1 Å². The molecular weight excluding hydrogens is 498 g/mol. The highest BCUT2D eigenvalue weighted by molar-refractivity contribution is 7.92. The largest absolute Gasteiger partial charge is 0.486 e. The van der Waals surface area contributed by atoms with Crippen LogP contribution >= 0.6 is 22.9 Å². The Labute approximate surface area is 204 Å². The Morgan fingerprint density at radius 2 is 1.76 bits per heavy atom. The fourth-order valence-corrected chi connectivity index (χ4v) is 5.67. The number of aromatic nitrogens is 1. The molecule has 3 aromatic carbocycles. The zero-order valence-corrected chi connectivity index (χ0v) is 20.2. The quantitative estimate of drug-likeness (QED) is 0.439. The van der Waals surface area contributed by atoms with Crippen molar-refractivity contribution in [1.82, 2.24) is 4.57 Å². The van der Waals surface area contributed by atoms with Crippen LogP contribution < -0.4 is 19.0 Å². The molecule has 0 bridgehead atoms. The van der Waals surface area contributed by atoms with Gasteiger partial charge in [-0.15, -0.1) is 0 Å². The predicted octanol–water partition coefficient (Wildman–Crippen LogP) is 4.21. The zero-order valence-electron chi connectivity index (χ0n) is 17.8. The summed E-state index contributed by atoms with van der Waals surface area (Å²) in [5.41, 5.74) is 1.36. The molecule has 174 valence electrons. The number of carbonyl (C=O) groups is 1. The van der Waals surface area contributed by atoms with Crippen LogP contribution in [0.2, 0.25) is 5.02 Å². The molecule has 0 radical (unpaired) electrons. The Morgan fingerprint density at radius 1 is 1.06 bits per heavy atom. The fourth-order valence-electron chi connectivity index (χ4n) is 3.47. The molecule has 0 fully saturated rings. The average Bonchev–Trinajstić information content (AvgIpc) is 3.12. The molecule has 5 rings (SSSR count). The van der Waals surface area contributed by atoms with E-state index in [2.05, 4.69) is 9.71 Å². The molecule has 0 saturated heterocycles. The molecule has 1 aromatic heterocycles. The van der Waals surface area contributed by atoms with E-state index in [9.17, 15) is 13.2 Å². The van der Waals surface area contributed by atoms with Crippen molar-refractivity contribution in [1.29, 1.82) is 0 Å². The minimum absolute atomic E-state index is 0.0614. The van der Waals surface area contributed by atoms with Crippen molar-refractivity contribution < 1.29 is 22.7 Å². The van der Waals surface area contributed by atoms with Gasteiger partial charge in [0.25, 0.3) is 15.9 Å². The first kappa shape index (κ1) is 22.5. The van der Waals surface area contributed by atoms with Crippen molar-refractivity contribution >= 4 is 54.8 Å². The summed E-state index contributed by atoms with van der Waals surface area (Å²) < 4.78 is 41.8. The van der Waals surface area contributed by atoms with Gasteiger partial charge in [-0.1, -0.05) is 29.0 Å². The summed E-state index contributed by atoms with van der Waals surface area (Å²) in [6.45, 7) is 0.976. The van der Waals surface area contributed by atoms with Crippen LogP contribution in [0.15, 0.2) is 70.6 Å². The average molecular weight is 516 g/mol. The van der Waals surface area contributed by atoms with E-state index < -0.39 is 15.9 Å². The fraction of sp³-hybridized carbons (Fsp3) is 0.130. The molecule has 0 unspecified atom stereocenters. The molecule has 4 aromatic rings. The number of carbonyl (C=O) groups excluding carboxylic acids is 1. The molecule has 1 aliphatic heterocycles. The number of anilines is 1. The van der Waals surface area contributed by atoms with Crippen LogP contribution in [-0.2, 0) is 17.1 Å². The second-order valence-corrected chi connectivity index (χ2v) is 10.6. The van der Waals surface area contributed by atoms with Crippen molar-refractivity contribution in [3.8, 4) is 11.5 Å². The summed E-state index contributed by atoms with van der Waals surface area (Å²) >= 11 is 7.19. The Hall–Kier alpha value is -3.34.